The lowest BCUT2D eigenvalue weighted by Gasteiger charge is -2.08. The van der Waals surface area contributed by atoms with Crippen LogP contribution in [0.25, 0.3) is 11.5 Å². The number of esters is 1. The fraction of sp³-hybridized carbons (Fsp3) is 0.412. The largest absolute Gasteiger partial charge is 0.456 e. The molecular weight excluding hydrogens is 310 g/mol. The van der Waals surface area contributed by atoms with Crippen molar-refractivity contribution in [2.45, 2.75) is 32.1 Å². The van der Waals surface area contributed by atoms with Crippen LogP contribution in [0.5, 0.6) is 0 Å². The zero-order valence-corrected chi connectivity index (χ0v) is 13.2. The normalized spacial score (nSPS) is 14.5. The average Bonchev–Trinajstić information content (AvgIpc) is 3.26. The minimum atomic E-state index is -0.502. The molecule has 0 radical (unpaired) electrons. The highest BCUT2D eigenvalue weighted by Gasteiger charge is 2.20. The van der Waals surface area contributed by atoms with Crippen molar-refractivity contribution >= 4 is 17.9 Å². The van der Waals surface area contributed by atoms with Crippen molar-refractivity contribution in [3.63, 3.8) is 0 Å². The van der Waals surface area contributed by atoms with Crippen molar-refractivity contribution in [2.24, 2.45) is 5.92 Å². The Hall–Kier alpha value is -2.70. The summed E-state index contributed by atoms with van der Waals surface area (Å²) < 4.78 is 10.3. The Bertz CT molecular complexity index is 693. The van der Waals surface area contributed by atoms with E-state index in [1.54, 1.807) is 0 Å². The number of hydrogen-bond donors (Lipinski definition) is 1. The molecule has 0 unspecified atom stereocenters. The quantitative estimate of drug-likeness (QED) is 0.819. The van der Waals surface area contributed by atoms with Crippen LogP contribution in [-0.2, 0) is 14.3 Å². The maximum Gasteiger partial charge on any atom is 0.322 e. The van der Waals surface area contributed by atoms with Gasteiger partial charge in [-0.1, -0.05) is 36.1 Å². The Morgan fingerprint density at radius 2 is 1.92 bits per heavy atom. The van der Waals surface area contributed by atoms with Gasteiger partial charge in [0.2, 0.25) is 5.89 Å². The van der Waals surface area contributed by atoms with Crippen molar-refractivity contribution in [3.05, 3.63) is 30.3 Å². The van der Waals surface area contributed by atoms with Gasteiger partial charge in [-0.15, -0.1) is 5.10 Å². The molecule has 3 rings (SSSR count). The van der Waals surface area contributed by atoms with E-state index >= 15 is 0 Å². The molecule has 126 valence electrons. The monoisotopic (exact) mass is 329 g/mol. The first-order valence-corrected chi connectivity index (χ1v) is 8.05. The van der Waals surface area contributed by atoms with Gasteiger partial charge in [0.05, 0.1) is 0 Å². The Labute approximate surface area is 139 Å². The number of aromatic nitrogens is 2. The van der Waals surface area contributed by atoms with E-state index in [9.17, 15) is 9.59 Å². The third kappa shape index (κ3) is 4.41. The Kier molecular flexibility index (Phi) is 5.20. The first-order chi connectivity index (χ1) is 11.7. The Morgan fingerprint density at radius 1 is 1.17 bits per heavy atom. The molecule has 1 heterocycles. The summed E-state index contributed by atoms with van der Waals surface area (Å²) in [5.74, 6) is -0.139. The molecular formula is C17H19N3O4. The minimum absolute atomic E-state index is 0.0225. The number of nitrogens with zero attached hydrogens (tertiary/aromatic N) is 2. The van der Waals surface area contributed by atoms with Gasteiger partial charge in [-0.05, 0) is 30.9 Å². The summed E-state index contributed by atoms with van der Waals surface area (Å²) in [5, 5.41) is 10.0. The van der Waals surface area contributed by atoms with Crippen LogP contribution in [0.1, 0.15) is 32.1 Å². The smallest absolute Gasteiger partial charge is 0.322 e. The molecule has 0 spiro atoms. The van der Waals surface area contributed by atoms with Crippen LogP contribution in [0.15, 0.2) is 34.7 Å². The van der Waals surface area contributed by atoms with Crippen molar-refractivity contribution in [1.29, 1.82) is 0 Å². The van der Waals surface area contributed by atoms with Gasteiger partial charge in [0.1, 0.15) is 0 Å². The Morgan fingerprint density at radius 3 is 2.67 bits per heavy atom. The summed E-state index contributed by atoms with van der Waals surface area (Å²) in [5.41, 5.74) is 0.758. The topological polar surface area (TPSA) is 94.3 Å². The predicted octanol–water partition coefficient (Wildman–Crippen LogP) is 2.80. The fourth-order valence-corrected chi connectivity index (χ4v) is 2.78. The summed E-state index contributed by atoms with van der Waals surface area (Å²) >= 11 is 0. The highest BCUT2D eigenvalue weighted by atomic mass is 16.5. The first-order valence-electron chi connectivity index (χ1n) is 8.05. The molecule has 0 atom stereocenters. The van der Waals surface area contributed by atoms with Gasteiger partial charge < -0.3 is 9.15 Å². The molecule has 1 aromatic heterocycles. The second kappa shape index (κ2) is 7.72. The van der Waals surface area contributed by atoms with Gasteiger partial charge in [-0.2, -0.15) is 0 Å². The third-order valence-corrected chi connectivity index (χ3v) is 3.99. The zero-order chi connectivity index (χ0) is 16.8. The second-order valence-corrected chi connectivity index (χ2v) is 5.84. The second-order valence-electron chi connectivity index (χ2n) is 5.84. The van der Waals surface area contributed by atoms with E-state index in [0.717, 1.165) is 18.4 Å². The summed E-state index contributed by atoms with van der Waals surface area (Å²) in [6.07, 6.45) is 4.84. The molecule has 1 aliphatic rings. The van der Waals surface area contributed by atoms with Crippen molar-refractivity contribution in [2.75, 3.05) is 11.9 Å². The van der Waals surface area contributed by atoms with E-state index < -0.39 is 5.91 Å². The van der Waals surface area contributed by atoms with Crippen LogP contribution in [0.2, 0.25) is 0 Å². The molecule has 1 saturated carbocycles. The van der Waals surface area contributed by atoms with Crippen LogP contribution >= 0.6 is 0 Å². The number of anilines is 1. The van der Waals surface area contributed by atoms with Gasteiger partial charge in [-0.3, -0.25) is 14.9 Å². The van der Waals surface area contributed by atoms with Crippen LogP contribution < -0.4 is 5.32 Å². The van der Waals surface area contributed by atoms with Crippen LogP contribution in [-0.4, -0.2) is 28.7 Å². The van der Waals surface area contributed by atoms with Gasteiger partial charge in [0, 0.05) is 12.0 Å². The van der Waals surface area contributed by atoms with Crippen LogP contribution in [0.3, 0.4) is 0 Å². The van der Waals surface area contributed by atoms with E-state index in [1.807, 2.05) is 30.3 Å². The van der Waals surface area contributed by atoms with Gasteiger partial charge in [-0.25, -0.2) is 0 Å². The van der Waals surface area contributed by atoms with Gasteiger partial charge in [0.15, 0.2) is 6.61 Å². The summed E-state index contributed by atoms with van der Waals surface area (Å²) in [4.78, 5) is 23.5. The summed E-state index contributed by atoms with van der Waals surface area (Å²) in [6.45, 7) is -0.353. The molecule has 24 heavy (non-hydrogen) atoms. The molecule has 1 aliphatic carbocycles. The molecule has 0 saturated heterocycles. The van der Waals surface area contributed by atoms with Crippen molar-refractivity contribution in [1.82, 2.24) is 10.2 Å². The summed E-state index contributed by atoms with van der Waals surface area (Å²) in [6, 6.07) is 9.20. The number of carbonyl (C=O) groups excluding carboxylic acids is 2. The van der Waals surface area contributed by atoms with Crippen molar-refractivity contribution in [3.8, 4) is 11.5 Å². The SMILES string of the molecule is O=C(COC(=O)CC1CCCC1)Nc1nnc(-c2ccccc2)o1. The molecule has 1 N–H and O–H groups in total. The molecule has 1 amide bonds. The van der Waals surface area contributed by atoms with Gasteiger partial charge >= 0.3 is 12.0 Å². The molecule has 1 aromatic carbocycles. The molecule has 1 fully saturated rings. The Balaban J connectivity index is 1.45. The molecule has 0 bridgehead atoms. The average molecular weight is 329 g/mol. The lowest BCUT2D eigenvalue weighted by atomic mass is 10.1. The minimum Gasteiger partial charge on any atom is -0.456 e. The zero-order valence-electron chi connectivity index (χ0n) is 13.2. The lowest BCUT2D eigenvalue weighted by molar-refractivity contribution is -0.148. The highest BCUT2D eigenvalue weighted by Crippen LogP contribution is 2.27. The molecule has 2 aromatic rings. The standard InChI is InChI=1S/C17H19N3O4/c21-14(11-23-15(22)10-12-6-4-5-7-12)18-17-20-19-16(24-17)13-8-2-1-3-9-13/h1-3,8-9,12H,4-7,10-11H2,(H,18,20,21). The van der Waals surface area contributed by atoms with E-state index in [2.05, 4.69) is 15.5 Å². The number of hydrogen-bond acceptors (Lipinski definition) is 6. The van der Waals surface area contributed by atoms with Crippen LogP contribution in [0, 0.1) is 5.92 Å². The maximum atomic E-state index is 11.8. The number of ether oxygens (including phenoxy) is 1. The van der Waals surface area contributed by atoms with E-state index in [4.69, 9.17) is 9.15 Å². The maximum absolute atomic E-state index is 11.8. The molecule has 7 heteroatoms. The fourth-order valence-electron chi connectivity index (χ4n) is 2.78. The number of nitrogens with one attached hydrogen (secondary N) is 1. The molecule has 7 nitrogen and oxygen atoms in total. The number of carbonyl (C=O) groups is 2. The highest BCUT2D eigenvalue weighted by molar-refractivity contribution is 5.91. The number of rotatable bonds is 6. The van der Waals surface area contributed by atoms with Gasteiger partial charge in [0.25, 0.3) is 5.91 Å². The molecule has 0 aliphatic heterocycles. The number of amides is 1. The van der Waals surface area contributed by atoms with E-state index in [-0.39, 0.29) is 18.6 Å². The van der Waals surface area contributed by atoms with Crippen LogP contribution in [0.4, 0.5) is 6.01 Å². The van der Waals surface area contributed by atoms with E-state index in [0.29, 0.717) is 18.2 Å². The summed E-state index contributed by atoms with van der Waals surface area (Å²) in [7, 11) is 0. The van der Waals surface area contributed by atoms with E-state index in [1.165, 1.54) is 12.8 Å². The first kappa shape index (κ1) is 16.2. The van der Waals surface area contributed by atoms with Crippen molar-refractivity contribution < 1.29 is 18.7 Å². The third-order valence-electron chi connectivity index (χ3n) is 3.99. The predicted molar refractivity (Wildman–Crippen MR) is 85.9 cm³/mol. The lowest BCUT2D eigenvalue weighted by Crippen LogP contribution is -2.21. The number of benzene rings is 1.